The fourth-order valence-electron chi connectivity index (χ4n) is 1.10. The Morgan fingerprint density at radius 3 is 2.59 bits per heavy atom. The Morgan fingerprint density at radius 1 is 1.35 bits per heavy atom. The van der Waals surface area contributed by atoms with Crippen LogP contribution in [0.5, 0.6) is 0 Å². The molecule has 2 N–H and O–H groups in total. The summed E-state index contributed by atoms with van der Waals surface area (Å²) in [6, 6.07) is 9.25. The van der Waals surface area contributed by atoms with Gasteiger partial charge in [-0.1, -0.05) is 37.3 Å². The van der Waals surface area contributed by atoms with Gasteiger partial charge in [0.05, 0.1) is 5.92 Å². The Bertz CT molecular complexity index is 377. The summed E-state index contributed by atoms with van der Waals surface area (Å²) in [5.41, 5.74) is 0.883. The van der Waals surface area contributed by atoms with Crippen LogP contribution >= 0.6 is 0 Å². The SMILES string of the molecule is CC(CNC(=O)OCc1ccccc1)C(=O)O. The molecule has 0 saturated carbocycles. The third-order valence-electron chi connectivity index (χ3n) is 2.19. The Morgan fingerprint density at radius 2 is 2.00 bits per heavy atom. The Balaban J connectivity index is 2.24. The van der Waals surface area contributed by atoms with Crippen molar-refractivity contribution in [1.29, 1.82) is 0 Å². The van der Waals surface area contributed by atoms with E-state index in [1.165, 1.54) is 6.92 Å². The number of rotatable bonds is 5. The molecular weight excluding hydrogens is 222 g/mol. The van der Waals surface area contributed by atoms with E-state index in [-0.39, 0.29) is 13.2 Å². The number of ether oxygens (including phenoxy) is 1. The van der Waals surface area contributed by atoms with E-state index in [0.717, 1.165) is 5.56 Å². The molecule has 0 saturated heterocycles. The van der Waals surface area contributed by atoms with Gasteiger partial charge in [-0.2, -0.15) is 0 Å². The summed E-state index contributed by atoms with van der Waals surface area (Å²) < 4.78 is 4.92. The largest absolute Gasteiger partial charge is 0.481 e. The van der Waals surface area contributed by atoms with Crippen molar-refractivity contribution in [3.8, 4) is 0 Å². The molecule has 0 aliphatic rings. The summed E-state index contributed by atoms with van der Waals surface area (Å²) in [6.45, 7) is 1.75. The maximum absolute atomic E-state index is 11.2. The lowest BCUT2D eigenvalue weighted by Gasteiger charge is -2.09. The fraction of sp³-hybridized carbons (Fsp3) is 0.333. The van der Waals surface area contributed by atoms with E-state index in [0.29, 0.717) is 0 Å². The maximum Gasteiger partial charge on any atom is 0.407 e. The molecule has 0 bridgehead atoms. The number of nitrogens with one attached hydrogen (secondary N) is 1. The van der Waals surface area contributed by atoms with E-state index in [9.17, 15) is 9.59 Å². The van der Waals surface area contributed by atoms with Gasteiger partial charge in [-0.15, -0.1) is 0 Å². The summed E-state index contributed by atoms with van der Waals surface area (Å²) in [6.07, 6.45) is -0.609. The molecule has 1 unspecified atom stereocenters. The normalized spacial score (nSPS) is 11.6. The van der Waals surface area contributed by atoms with Gasteiger partial charge in [-0.25, -0.2) is 4.79 Å². The van der Waals surface area contributed by atoms with Crippen LogP contribution in [0.25, 0.3) is 0 Å². The van der Waals surface area contributed by atoms with E-state index in [1.807, 2.05) is 30.3 Å². The molecule has 1 aromatic carbocycles. The molecule has 5 heteroatoms. The van der Waals surface area contributed by atoms with Crippen LogP contribution in [0.15, 0.2) is 30.3 Å². The van der Waals surface area contributed by atoms with Crippen molar-refractivity contribution in [2.75, 3.05) is 6.54 Å². The van der Waals surface area contributed by atoms with Crippen LogP contribution in [0.3, 0.4) is 0 Å². The summed E-state index contributed by atoms with van der Waals surface area (Å²) in [4.78, 5) is 21.7. The lowest BCUT2D eigenvalue weighted by atomic mass is 10.2. The average Bonchev–Trinajstić information content (AvgIpc) is 2.34. The van der Waals surface area contributed by atoms with Crippen LogP contribution in [0.4, 0.5) is 4.79 Å². The molecule has 1 atom stereocenters. The van der Waals surface area contributed by atoms with Crippen molar-refractivity contribution in [3.05, 3.63) is 35.9 Å². The summed E-state index contributed by atoms with van der Waals surface area (Å²) in [5, 5.41) is 11.0. The van der Waals surface area contributed by atoms with Gasteiger partial charge in [0.1, 0.15) is 6.61 Å². The van der Waals surface area contributed by atoms with E-state index in [2.05, 4.69) is 5.32 Å². The van der Waals surface area contributed by atoms with Gasteiger partial charge in [0, 0.05) is 6.54 Å². The number of carbonyl (C=O) groups excluding carboxylic acids is 1. The molecule has 1 amide bonds. The quantitative estimate of drug-likeness (QED) is 0.816. The smallest absolute Gasteiger partial charge is 0.407 e. The van der Waals surface area contributed by atoms with Crippen molar-refractivity contribution in [2.45, 2.75) is 13.5 Å². The molecule has 92 valence electrons. The highest BCUT2D eigenvalue weighted by Gasteiger charge is 2.12. The zero-order valence-electron chi connectivity index (χ0n) is 9.55. The van der Waals surface area contributed by atoms with Crippen LogP contribution in [-0.4, -0.2) is 23.7 Å². The van der Waals surface area contributed by atoms with Crippen LogP contribution in [-0.2, 0) is 16.1 Å². The number of alkyl carbamates (subject to hydrolysis) is 1. The van der Waals surface area contributed by atoms with Gasteiger partial charge in [0.2, 0.25) is 0 Å². The predicted molar refractivity (Wildman–Crippen MR) is 61.4 cm³/mol. The first-order valence-corrected chi connectivity index (χ1v) is 5.27. The number of benzene rings is 1. The third kappa shape index (κ3) is 5.01. The molecule has 0 aromatic heterocycles. The van der Waals surface area contributed by atoms with E-state index in [1.54, 1.807) is 0 Å². The minimum Gasteiger partial charge on any atom is -0.481 e. The third-order valence-corrected chi connectivity index (χ3v) is 2.19. The second-order valence-electron chi connectivity index (χ2n) is 3.68. The van der Waals surface area contributed by atoms with Gasteiger partial charge < -0.3 is 15.2 Å². The van der Waals surface area contributed by atoms with Crippen molar-refractivity contribution < 1.29 is 19.4 Å². The molecule has 17 heavy (non-hydrogen) atoms. The Kier molecular flexibility index (Phi) is 5.00. The van der Waals surface area contributed by atoms with Crippen LogP contribution in [0, 0.1) is 5.92 Å². The molecule has 1 rings (SSSR count). The standard InChI is InChI=1S/C12H15NO4/c1-9(11(14)15)7-13-12(16)17-8-10-5-3-2-4-6-10/h2-6,9H,7-8H2,1H3,(H,13,16)(H,14,15). The van der Waals surface area contributed by atoms with E-state index < -0.39 is 18.0 Å². The molecule has 0 aliphatic heterocycles. The zero-order chi connectivity index (χ0) is 12.7. The molecule has 0 fully saturated rings. The van der Waals surface area contributed by atoms with Gasteiger partial charge in [0.15, 0.2) is 0 Å². The number of aliphatic carboxylic acids is 1. The van der Waals surface area contributed by atoms with Gasteiger partial charge in [-0.05, 0) is 5.56 Å². The van der Waals surface area contributed by atoms with Crippen molar-refractivity contribution in [1.82, 2.24) is 5.32 Å². The van der Waals surface area contributed by atoms with Crippen molar-refractivity contribution in [3.63, 3.8) is 0 Å². The van der Waals surface area contributed by atoms with E-state index in [4.69, 9.17) is 9.84 Å². The molecule has 5 nitrogen and oxygen atoms in total. The first kappa shape index (κ1) is 13.0. The molecule has 0 spiro atoms. The molecule has 0 aliphatic carbocycles. The average molecular weight is 237 g/mol. The number of carboxylic acids is 1. The minimum absolute atomic E-state index is 0.0585. The van der Waals surface area contributed by atoms with Crippen LogP contribution in [0.2, 0.25) is 0 Å². The second-order valence-corrected chi connectivity index (χ2v) is 3.68. The van der Waals surface area contributed by atoms with Gasteiger partial charge >= 0.3 is 12.1 Å². The van der Waals surface area contributed by atoms with E-state index >= 15 is 0 Å². The van der Waals surface area contributed by atoms with Gasteiger partial charge in [0.25, 0.3) is 0 Å². The Labute approximate surface area is 99.4 Å². The number of hydrogen-bond donors (Lipinski definition) is 2. The maximum atomic E-state index is 11.2. The minimum atomic E-state index is -0.951. The summed E-state index contributed by atoms with van der Waals surface area (Å²) in [5.74, 6) is -1.58. The highest BCUT2D eigenvalue weighted by molar-refractivity contribution is 5.72. The highest BCUT2D eigenvalue weighted by Crippen LogP contribution is 2.00. The fourth-order valence-corrected chi connectivity index (χ4v) is 1.10. The Hall–Kier alpha value is -2.04. The zero-order valence-corrected chi connectivity index (χ0v) is 9.55. The number of hydrogen-bond acceptors (Lipinski definition) is 3. The van der Waals surface area contributed by atoms with Crippen LogP contribution in [0.1, 0.15) is 12.5 Å². The first-order valence-electron chi connectivity index (χ1n) is 5.27. The lowest BCUT2D eigenvalue weighted by Crippen LogP contribution is -2.31. The van der Waals surface area contributed by atoms with Crippen molar-refractivity contribution >= 4 is 12.1 Å². The first-order chi connectivity index (χ1) is 8.09. The van der Waals surface area contributed by atoms with Crippen LogP contribution < -0.4 is 5.32 Å². The molecule has 0 radical (unpaired) electrons. The van der Waals surface area contributed by atoms with Gasteiger partial charge in [-0.3, -0.25) is 4.79 Å². The topological polar surface area (TPSA) is 75.6 Å². The molecule has 0 heterocycles. The number of amides is 1. The monoisotopic (exact) mass is 237 g/mol. The van der Waals surface area contributed by atoms with Crippen molar-refractivity contribution in [2.24, 2.45) is 5.92 Å². The predicted octanol–water partition coefficient (Wildman–Crippen LogP) is 1.63. The number of carbonyl (C=O) groups is 2. The molecule has 1 aromatic rings. The number of carboxylic acid groups (broad SMARTS) is 1. The highest BCUT2D eigenvalue weighted by atomic mass is 16.5. The molecular formula is C12H15NO4. The summed E-state index contributed by atoms with van der Waals surface area (Å²) in [7, 11) is 0. The summed E-state index contributed by atoms with van der Waals surface area (Å²) >= 11 is 0. The second kappa shape index (κ2) is 6.52. The lowest BCUT2D eigenvalue weighted by molar-refractivity contribution is -0.140.